The molecule has 3 aromatic carbocycles. The van der Waals surface area contributed by atoms with Gasteiger partial charge >= 0.3 is 6.36 Å². The first-order valence-corrected chi connectivity index (χ1v) is 13.8. The number of halogens is 6. The fraction of sp³-hybridized carbons (Fsp3) is 0.148. The number of hydrogen-bond acceptors (Lipinski definition) is 6. The summed E-state index contributed by atoms with van der Waals surface area (Å²) in [5.41, 5.74) is 1.54. The van der Waals surface area contributed by atoms with Crippen molar-refractivity contribution in [3.05, 3.63) is 84.4 Å². The lowest BCUT2D eigenvalue weighted by atomic mass is 10.00. The summed E-state index contributed by atoms with van der Waals surface area (Å²) in [6.07, 6.45) is -5.49. The highest BCUT2D eigenvalue weighted by Crippen LogP contribution is 2.36. The second kappa shape index (κ2) is 10.6. The summed E-state index contributed by atoms with van der Waals surface area (Å²) in [7, 11) is -2.36. The zero-order chi connectivity index (χ0) is 30.4. The van der Waals surface area contributed by atoms with Crippen LogP contribution in [0.2, 0.25) is 0 Å². The molecule has 2 aromatic heterocycles. The molecule has 5 aromatic rings. The summed E-state index contributed by atoms with van der Waals surface area (Å²) in [4.78, 5) is -0.376. The molecule has 0 saturated heterocycles. The van der Waals surface area contributed by atoms with Crippen LogP contribution in [-0.2, 0) is 16.9 Å². The molecule has 0 aliphatic carbocycles. The number of rotatable bonds is 7. The molecular weight excluding hydrogens is 588 g/mol. The van der Waals surface area contributed by atoms with E-state index in [0.717, 1.165) is 24.5 Å². The van der Waals surface area contributed by atoms with Crippen molar-refractivity contribution in [3.8, 4) is 45.1 Å². The molecule has 0 unspecified atom stereocenters. The highest BCUT2D eigenvalue weighted by atomic mass is 32.2. The molecule has 0 bridgehead atoms. The fourth-order valence-corrected chi connectivity index (χ4v) is 4.89. The normalized spacial score (nSPS) is 12.2. The largest absolute Gasteiger partial charge is 0.573 e. The van der Waals surface area contributed by atoms with Crippen LogP contribution in [0.1, 0.15) is 12.1 Å². The average molecular weight is 607 g/mol. The fourth-order valence-electron chi connectivity index (χ4n) is 4.26. The van der Waals surface area contributed by atoms with E-state index in [9.17, 15) is 34.8 Å². The molecule has 0 amide bonds. The maximum atomic E-state index is 14.4. The second-order valence-electron chi connectivity index (χ2n) is 9.07. The SMILES string of the molecule is Cn1nc(C(F)F)cc1-c1ccc(-c2cc(F)[c]c(S(C)(=O)=O)c2)cc1-n1nncc1-c1ccc(OC(F)(F)F)cc1. The summed E-state index contributed by atoms with van der Waals surface area (Å²) < 4.78 is 110. The van der Waals surface area contributed by atoms with Gasteiger partial charge in [-0.05, 0) is 59.7 Å². The van der Waals surface area contributed by atoms with Crippen molar-refractivity contribution < 1.29 is 39.5 Å². The number of aryl methyl sites for hydroxylation is 1. The third-order valence-corrected chi connectivity index (χ3v) is 7.12. The second-order valence-corrected chi connectivity index (χ2v) is 11.1. The van der Waals surface area contributed by atoms with E-state index in [1.54, 1.807) is 0 Å². The summed E-state index contributed by atoms with van der Waals surface area (Å²) in [5, 5.41) is 11.9. The van der Waals surface area contributed by atoms with Gasteiger partial charge in [-0.1, -0.05) is 17.3 Å². The van der Waals surface area contributed by atoms with Gasteiger partial charge in [-0.2, -0.15) is 5.10 Å². The highest BCUT2D eigenvalue weighted by molar-refractivity contribution is 7.90. The van der Waals surface area contributed by atoms with Crippen molar-refractivity contribution in [2.75, 3.05) is 6.26 Å². The van der Waals surface area contributed by atoms with Crippen LogP contribution in [-0.4, -0.2) is 45.8 Å². The minimum atomic E-state index is -4.88. The molecule has 217 valence electrons. The summed E-state index contributed by atoms with van der Waals surface area (Å²) in [5.74, 6) is -1.37. The number of nitrogens with zero attached hydrogens (tertiary/aromatic N) is 5. The Labute approximate surface area is 234 Å². The van der Waals surface area contributed by atoms with Gasteiger partial charge in [0.2, 0.25) is 0 Å². The molecule has 0 fully saturated rings. The molecule has 0 saturated carbocycles. The molecule has 0 N–H and O–H groups in total. The van der Waals surface area contributed by atoms with E-state index in [1.807, 2.05) is 0 Å². The van der Waals surface area contributed by atoms with E-state index in [4.69, 9.17) is 0 Å². The Hall–Kier alpha value is -4.66. The van der Waals surface area contributed by atoms with Crippen molar-refractivity contribution in [1.29, 1.82) is 0 Å². The Bertz CT molecular complexity index is 1880. The van der Waals surface area contributed by atoms with Crippen LogP contribution < -0.4 is 4.74 Å². The van der Waals surface area contributed by atoms with E-state index >= 15 is 0 Å². The lowest BCUT2D eigenvalue weighted by Gasteiger charge is -2.15. The van der Waals surface area contributed by atoms with E-state index in [-0.39, 0.29) is 21.8 Å². The molecule has 8 nitrogen and oxygen atoms in total. The van der Waals surface area contributed by atoms with Gasteiger partial charge in [0.15, 0.2) is 9.84 Å². The predicted octanol–water partition coefficient (Wildman–Crippen LogP) is 6.18. The topological polar surface area (TPSA) is 91.9 Å². The zero-order valence-corrected chi connectivity index (χ0v) is 22.4. The summed E-state index contributed by atoms with van der Waals surface area (Å²) >= 11 is 0. The van der Waals surface area contributed by atoms with Crippen molar-refractivity contribution in [1.82, 2.24) is 24.8 Å². The van der Waals surface area contributed by atoms with Crippen LogP contribution in [0.15, 0.2) is 71.8 Å². The lowest BCUT2D eigenvalue weighted by Crippen LogP contribution is -2.16. The van der Waals surface area contributed by atoms with Crippen LogP contribution in [0, 0.1) is 11.9 Å². The van der Waals surface area contributed by atoms with Gasteiger partial charge in [-0.25, -0.2) is 26.3 Å². The van der Waals surface area contributed by atoms with Gasteiger partial charge in [0.25, 0.3) is 6.43 Å². The van der Waals surface area contributed by atoms with Gasteiger partial charge in [0.05, 0.1) is 28.2 Å². The Morgan fingerprint density at radius 1 is 0.929 bits per heavy atom. The van der Waals surface area contributed by atoms with E-state index < -0.39 is 39.9 Å². The molecule has 0 spiro atoms. The van der Waals surface area contributed by atoms with Crippen molar-refractivity contribution >= 4 is 9.84 Å². The van der Waals surface area contributed by atoms with Gasteiger partial charge in [-0.3, -0.25) is 4.68 Å². The lowest BCUT2D eigenvalue weighted by molar-refractivity contribution is -0.274. The van der Waals surface area contributed by atoms with Crippen molar-refractivity contribution in [2.24, 2.45) is 7.05 Å². The maximum Gasteiger partial charge on any atom is 0.573 e. The van der Waals surface area contributed by atoms with Crippen LogP contribution in [0.4, 0.5) is 26.3 Å². The molecule has 15 heteroatoms. The molecular formula is C27H18F6N5O3S. The molecule has 0 atom stereocenters. The van der Waals surface area contributed by atoms with Crippen LogP contribution in [0.5, 0.6) is 5.75 Å². The Kier molecular flexibility index (Phi) is 7.30. The number of benzene rings is 3. The maximum absolute atomic E-state index is 14.4. The smallest absolute Gasteiger partial charge is 0.406 e. The minimum Gasteiger partial charge on any atom is -0.406 e. The molecule has 0 aliphatic heterocycles. The van der Waals surface area contributed by atoms with Gasteiger partial charge < -0.3 is 4.74 Å². The number of hydrogen-bond donors (Lipinski definition) is 0. The van der Waals surface area contributed by atoms with Crippen LogP contribution in [0.25, 0.3) is 39.3 Å². The quantitative estimate of drug-likeness (QED) is 0.206. The van der Waals surface area contributed by atoms with E-state index in [2.05, 4.69) is 26.2 Å². The summed E-state index contributed by atoms with van der Waals surface area (Å²) in [6, 6.07) is 15.1. The number of aromatic nitrogens is 5. The first-order chi connectivity index (χ1) is 19.7. The van der Waals surface area contributed by atoms with Crippen molar-refractivity contribution in [2.45, 2.75) is 17.7 Å². The highest BCUT2D eigenvalue weighted by Gasteiger charge is 2.31. The summed E-state index contributed by atoms with van der Waals surface area (Å²) in [6.45, 7) is 0. The number of alkyl halides is 5. The van der Waals surface area contributed by atoms with Crippen LogP contribution in [0.3, 0.4) is 0 Å². The van der Waals surface area contributed by atoms with Gasteiger partial charge in [-0.15, -0.1) is 18.3 Å². The van der Waals surface area contributed by atoms with Crippen LogP contribution >= 0.6 is 0 Å². The molecule has 0 aliphatic rings. The van der Waals surface area contributed by atoms with Crippen molar-refractivity contribution in [3.63, 3.8) is 0 Å². The average Bonchev–Trinajstić information content (AvgIpc) is 3.54. The Balaban J connectivity index is 1.69. The molecule has 2 heterocycles. The van der Waals surface area contributed by atoms with E-state index in [0.29, 0.717) is 22.4 Å². The minimum absolute atomic E-state index is 0.174. The Morgan fingerprint density at radius 3 is 2.24 bits per heavy atom. The van der Waals surface area contributed by atoms with E-state index in [1.165, 1.54) is 65.1 Å². The standard InChI is InChI=1S/C27H18F6N5O3S/c1-37-23(13-22(35-37)26(29)30)21-8-5-16(17-9-18(28)12-20(10-17)42(2,39)40)11-24(21)38-25(14-34-36-38)15-3-6-19(7-4-15)41-27(31,32)33/h3-11,13-14,26H,1-2H3. The molecule has 5 rings (SSSR count). The first-order valence-electron chi connectivity index (χ1n) is 11.9. The van der Waals surface area contributed by atoms with Gasteiger partial charge in [0, 0.05) is 30.5 Å². The molecule has 42 heavy (non-hydrogen) atoms. The third kappa shape index (κ3) is 6.00. The van der Waals surface area contributed by atoms with Gasteiger partial charge in [0.1, 0.15) is 17.3 Å². The Morgan fingerprint density at radius 2 is 1.62 bits per heavy atom. The number of sulfone groups is 1. The third-order valence-electron chi connectivity index (χ3n) is 6.10. The monoisotopic (exact) mass is 606 g/mol. The zero-order valence-electron chi connectivity index (χ0n) is 21.6. The first kappa shape index (κ1) is 28.9. The molecule has 1 radical (unpaired) electrons. The number of ether oxygens (including phenoxy) is 1. The predicted molar refractivity (Wildman–Crippen MR) is 138 cm³/mol.